The average Bonchev–Trinajstić information content (AvgIpc) is 2.54. The van der Waals surface area contributed by atoms with Crippen LogP contribution >= 0.6 is 23.2 Å². The number of nitro benzene ring substituents is 1. The molecule has 0 saturated carbocycles. The predicted octanol–water partition coefficient (Wildman–Crippen LogP) is 4.55. The van der Waals surface area contributed by atoms with E-state index in [1.54, 1.807) is 38.1 Å². The summed E-state index contributed by atoms with van der Waals surface area (Å²) in [4.78, 5) is 22.5. The number of amides is 1. The van der Waals surface area contributed by atoms with Crippen molar-refractivity contribution in [2.24, 2.45) is 0 Å². The zero-order valence-corrected chi connectivity index (χ0v) is 15.0. The largest absolute Gasteiger partial charge is 0.481 e. The summed E-state index contributed by atoms with van der Waals surface area (Å²) in [5.74, 6) is -0.126. The predicted molar refractivity (Wildman–Crippen MR) is 96.2 cm³/mol. The number of non-ortho nitro benzene ring substituents is 1. The molecular weight excluding hydrogens is 367 g/mol. The van der Waals surface area contributed by atoms with E-state index in [1.165, 1.54) is 18.2 Å². The summed E-state index contributed by atoms with van der Waals surface area (Å²) in [6.07, 6.45) is -0.837. The van der Waals surface area contributed by atoms with Gasteiger partial charge in [0.05, 0.1) is 17.0 Å². The second-order valence-corrected chi connectivity index (χ2v) is 6.25. The van der Waals surface area contributed by atoms with Crippen molar-refractivity contribution in [3.8, 4) is 5.75 Å². The molecule has 2 atom stereocenters. The van der Waals surface area contributed by atoms with Gasteiger partial charge in [0.1, 0.15) is 5.75 Å². The molecular formula is C17H16Cl2N2O4. The number of carbonyl (C=O) groups excluding carboxylic acids is 1. The molecule has 0 aliphatic heterocycles. The molecule has 1 amide bonds. The number of ether oxygens (including phenoxy) is 1. The first kappa shape index (κ1) is 19.0. The van der Waals surface area contributed by atoms with Crippen LogP contribution in [0.3, 0.4) is 0 Å². The van der Waals surface area contributed by atoms with Crippen LogP contribution < -0.4 is 10.1 Å². The van der Waals surface area contributed by atoms with Crippen LogP contribution in [0.2, 0.25) is 10.0 Å². The number of hydrogen-bond donors (Lipinski definition) is 1. The second-order valence-electron chi connectivity index (χ2n) is 5.41. The van der Waals surface area contributed by atoms with Gasteiger partial charge in [-0.1, -0.05) is 35.3 Å². The van der Waals surface area contributed by atoms with Crippen LogP contribution in [-0.2, 0) is 4.79 Å². The van der Waals surface area contributed by atoms with E-state index in [-0.39, 0.29) is 23.4 Å². The van der Waals surface area contributed by atoms with Crippen molar-refractivity contribution in [1.82, 2.24) is 5.32 Å². The molecule has 132 valence electrons. The highest BCUT2D eigenvalue weighted by Crippen LogP contribution is 2.26. The normalized spacial score (nSPS) is 13.0. The van der Waals surface area contributed by atoms with E-state index in [0.29, 0.717) is 10.0 Å². The molecule has 0 spiro atoms. The first-order valence-electron chi connectivity index (χ1n) is 7.44. The van der Waals surface area contributed by atoms with E-state index >= 15 is 0 Å². The van der Waals surface area contributed by atoms with E-state index in [1.807, 2.05) is 0 Å². The highest BCUT2D eigenvalue weighted by Gasteiger charge is 2.20. The van der Waals surface area contributed by atoms with E-state index in [0.717, 1.165) is 5.56 Å². The molecule has 0 fully saturated rings. The van der Waals surface area contributed by atoms with Crippen molar-refractivity contribution in [3.05, 3.63) is 68.2 Å². The standard InChI is InChI=1S/C17H16Cl2N2O4/c1-10(15-7-6-12(18)8-16(15)19)20-17(22)11(2)25-14-5-3-4-13(9-14)21(23)24/h3-11H,1-2H3,(H,20,22)/t10-,11+/m0/s1. The lowest BCUT2D eigenvalue weighted by Crippen LogP contribution is -2.37. The molecule has 0 heterocycles. The molecule has 0 aliphatic rings. The number of nitrogens with zero attached hydrogens (tertiary/aromatic N) is 1. The number of benzene rings is 2. The SMILES string of the molecule is C[C@H](NC(=O)[C@@H](C)Oc1cccc([N+](=O)[O-])c1)c1ccc(Cl)cc1Cl. The average molecular weight is 383 g/mol. The third-order valence-electron chi connectivity index (χ3n) is 3.50. The van der Waals surface area contributed by atoms with Gasteiger partial charge in [-0.2, -0.15) is 0 Å². The Kier molecular flexibility index (Phi) is 6.22. The highest BCUT2D eigenvalue weighted by atomic mass is 35.5. The van der Waals surface area contributed by atoms with Gasteiger partial charge in [0.15, 0.2) is 6.10 Å². The quantitative estimate of drug-likeness (QED) is 0.586. The Bertz CT molecular complexity index is 798. The van der Waals surface area contributed by atoms with Crippen LogP contribution in [-0.4, -0.2) is 16.9 Å². The van der Waals surface area contributed by atoms with E-state index in [4.69, 9.17) is 27.9 Å². The molecule has 8 heteroatoms. The lowest BCUT2D eigenvalue weighted by molar-refractivity contribution is -0.384. The van der Waals surface area contributed by atoms with Crippen molar-refractivity contribution in [1.29, 1.82) is 0 Å². The van der Waals surface area contributed by atoms with Crippen LogP contribution in [0.5, 0.6) is 5.75 Å². The zero-order chi connectivity index (χ0) is 18.6. The molecule has 0 bridgehead atoms. The summed E-state index contributed by atoms with van der Waals surface area (Å²) in [5, 5.41) is 14.5. The number of carbonyl (C=O) groups is 1. The topological polar surface area (TPSA) is 81.5 Å². The Morgan fingerprint density at radius 1 is 1.20 bits per heavy atom. The summed E-state index contributed by atoms with van der Waals surface area (Å²) in [7, 11) is 0. The molecule has 2 aromatic carbocycles. The van der Waals surface area contributed by atoms with E-state index in [9.17, 15) is 14.9 Å². The maximum absolute atomic E-state index is 12.3. The lowest BCUT2D eigenvalue weighted by Gasteiger charge is -2.20. The zero-order valence-electron chi connectivity index (χ0n) is 13.5. The lowest BCUT2D eigenvalue weighted by atomic mass is 10.1. The van der Waals surface area contributed by atoms with Crippen molar-refractivity contribution in [3.63, 3.8) is 0 Å². The molecule has 0 saturated heterocycles. The van der Waals surface area contributed by atoms with Crippen molar-refractivity contribution in [2.45, 2.75) is 26.0 Å². The number of nitrogens with one attached hydrogen (secondary N) is 1. The van der Waals surface area contributed by atoms with Gasteiger partial charge in [0.2, 0.25) is 0 Å². The van der Waals surface area contributed by atoms with Gasteiger partial charge in [0, 0.05) is 16.1 Å². The Morgan fingerprint density at radius 2 is 1.92 bits per heavy atom. The maximum atomic E-state index is 12.3. The van der Waals surface area contributed by atoms with Crippen LogP contribution in [0, 0.1) is 10.1 Å². The van der Waals surface area contributed by atoms with E-state index in [2.05, 4.69) is 5.32 Å². The minimum absolute atomic E-state index is 0.105. The fraction of sp³-hybridized carbons (Fsp3) is 0.235. The molecule has 0 radical (unpaired) electrons. The van der Waals surface area contributed by atoms with Gasteiger partial charge in [-0.05, 0) is 37.6 Å². The number of rotatable bonds is 6. The van der Waals surface area contributed by atoms with Crippen LogP contribution in [0.15, 0.2) is 42.5 Å². The molecule has 25 heavy (non-hydrogen) atoms. The smallest absolute Gasteiger partial charge is 0.273 e. The highest BCUT2D eigenvalue weighted by molar-refractivity contribution is 6.35. The van der Waals surface area contributed by atoms with Gasteiger partial charge in [-0.25, -0.2) is 0 Å². The molecule has 1 N–H and O–H groups in total. The second kappa shape index (κ2) is 8.18. The Morgan fingerprint density at radius 3 is 2.56 bits per heavy atom. The molecule has 6 nitrogen and oxygen atoms in total. The van der Waals surface area contributed by atoms with Crippen molar-refractivity contribution < 1.29 is 14.5 Å². The summed E-state index contributed by atoms with van der Waals surface area (Å²) in [5.41, 5.74) is 0.619. The van der Waals surface area contributed by atoms with E-state index < -0.39 is 11.0 Å². The Hall–Kier alpha value is -2.31. The van der Waals surface area contributed by atoms with Crippen LogP contribution in [0.1, 0.15) is 25.5 Å². The number of halogens is 2. The fourth-order valence-electron chi connectivity index (χ4n) is 2.19. The molecule has 0 aromatic heterocycles. The minimum atomic E-state index is -0.837. The number of hydrogen-bond acceptors (Lipinski definition) is 4. The van der Waals surface area contributed by atoms with Crippen LogP contribution in [0.25, 0.3) is 0 Å². The molecule has 2 aromatic rings. The fourth-order valence-corrected chi connectivity index (χ4v) is 2.76. The van der Waals surface area contributed by atoms with Crippen molar-refractivity contribution >= 4 is 34.8 Å². The maximum Gasteiger partial charge on any atom is 0.273 e. The Labute approximate surface area is 154 Å². The van der Waals surface area contributed by atoms with Crippen LogP contribution in [0.4, 0.5) is 5.69 Å². The van der Waals surface area contributed by atoms with Crippen molar-refractivity contribution in [2.75, 3.05) is 0 Å². The molecule has 0 aliphatic carbocycles. The monoisotopic (exact) mass is 382 g/mol. The molecule has 0 unspecified atom stereocenters. The first-order valence-corrected chi connectivity index (χ1v) is 8.20. The number of nitro groups is 1. The minimum Gasteiger partial charge on any atom is -0.481 e. The Balaban J connectivity index is 2.02. The summed E-state index contributed by atoms with van der Waals surface area (Å²) < 4.78 is 5.48. The van der Waals surface area contributed by atoms with Gasteiger partial charge < -0.3 is 10.1 Å². The van der Waals surface area contributed by atoms with Gasteiger partial charge in [-0.15, -0.1) is 0 Å². The van der Waals surface area contributed by atoms with Gasteiger partial charge in [-0.3, -0.25) is 14.9 Å². The third kappa shape index (κ3) is 5.08. The summed E-state index contributed by atoms with van der Waals surface area (Å²) >= 11 is 12.0. The first-order chi connectivity index (χ1) is 11.8. The summed E-state index contributed by atoms with van der Waals surface area (Å²) in [6, 6.07) is 10.3. The third-order valence-corrected chi connectivity index (χ3v) is 4.06. The van der Waals surface area contributed by atoms with Gasteiger partial charge >= 0.3 is 0 Å². The molecule has 2 rings (SSSR count). The van der Waals surface area contributed by atoms with Gasteiger partial charge in [0.25, 0.3) is 11.6 Å². The summed E-state index contributed by atoms with van der Waals surface area (Å²) in [6.45, 7) is 3.34.